The Labute approximate surface area is 133 Å². The minimum Gasteiger partial charge on any atom is -0.337 e. The summed E-state index contributed by atoms with van der Waals surface area (Å²) in [5, 5.41) is 0. The fourth-order valence-corrected chi connectivity index (χ4v) is 5.09. The molecule has 0 N–H and O–H groups in total. The number of hydrogen-bond donors (Lipinski definition) is 0. The van der Waals surface area contributed by atoms with Gasteiger partial charge in [0.2, 0.25) is 5.91 Å². The predicted octanol–water partition coefficient (Wildman–Crippen LogP) is 3.95. The monoisotopic (exact) mass is 295 g/mol. The van der Waals surface area contributed by atoms with Crippen LogP contribution < -0.4 is 0 Å². The van der Waals surface area contributed by atoms with Crippen molar-refractivity contribution in [3.8, 4) is 0 Å². The molecular weight excluding hydrogens is 270 g/mol. The van der Waals surface area contributed by atoms with E-state index in [1.165, 1.54) is 23.1 Å². The Bertz CT molecular complexity index is 659. The second-order valence-corrected chi connectivity index (χ2v) is 7.97. The lowest BCUT2D eigenvalue weighted by Crippen LogP contribution is -2.46. The summed E-state index contributed by atoms with van der Waals surface area (Å²) in [7, 11) is 0. The Morgan fingerprint density at radius 3 is 2.68 bits per heavy atom. The van der Waals surface area contributed by atoms with Crippen LogP contribution in [0.15, 0.2) is 36.4 Å². The topological polar surface area (TPSA) is 20.3 Å². The highest BCUT2D eigenvalue weighted by Gasteiger charge is 2.61. The summed E-state index contributed by atoms with van der Waals surface area (Å²) in [4.78, 5) is 15.4. The van der Waals surface area contributed by atoms with Gasteiger partial charge in [0.15, 0.2) is 0 Å². The van der Waals surface area contributed by atoms with E-state index in [2.05, 4.69) is 49.6 Å². The number of amides is 1. The molecule has 2 bridgehead atoms. The summed E-state index contributed by atoms with van der Waals surface area (Å²) in [6.45, 7) is 10.6. The summed E-state index contributed by atoms with van der Waals surface area (Å²) in [6, 6.07) is 8.53. The number of carbonyl (C=O) groups excluding carboxylic acids is 1. The van der Waals surface area contributed by atoms with Gasteiger partial charge in [0.05, 0.1) is 5.41 Å². The summed E-state index contributed by atoms with van der Waals surface area (Å²) in [6.07, 6.45) is 4.20. The molecule has 2 fully saturated rings. The summed E-state index contributed by atoms with van der Waals surface area (Å²) < 4.78 is 0. The first-order valence-electron chi connectivity index (χ1n) is 8.51. The van der Waals surface area contributed by atoms with Crippen LogP contribution in [0.2, 0.25) is 0 Å². The summed E-state index contributed by atoms with van der Waals surface area (Å²) >= 11 is 0. The van der Waals surface area contributed by atoms with Crippen LogP contribution in [0, 0.1) is 16.7 Å². The highest BCUT2D eigenvalue weighted by Crippen LogP contribution is 2.66. The third-order valence-electron chi connectivity index (χ3n) is 6.72. The molecule has 2 saturated carbocycles. The van der Waals surface area contributed by atoms with Crippen molar-refractivity contribution < 1.29 is 4.79 Å². The zero-order chi connectivity index (χ0) is 15.5. The first-order valence-corrected chi connectivity index (χ1v) is 8.51. The molecule has 2 atom stereocenters. The molecule has 116 valence electrons. The maximum Gasteiger partial charge on any atom is 0.233 e. The van der Waals surface area contributed by atoms with Crippen LogP contribution >= 0.6 is 0 Å². The normalized spacial score (nSPS) is 32.2. The van der Waals surface area contributed by atoms with E-state index in [1.54, 1.807) is 0 Å². The van der Waals surface area contributed by atoms with Gasteiger partial charge < -0.3 is 4.90 Å². The molecule has 1 aliphatic heterocycles. The molecule has 0 spiro atoms. The first-order chi connectivity index (χ1) is 10.4. The Morgan fingerprint density at radius 1 is 1.27 bits per heavy atom. The van der Waals surface area contributed by atoms with Gasteiger partial charge in [-0.15, -0.1) is 0 Å². The fourth-order valence-electron chi connectivity index (χ4n) is 5.09. The molecule has 1 heterocycles. The average molecular weight is 295 g/mol. The maximum absolute atomic E-state index is 13.4. The minimum absolute atomic E-state index is 0.127. The third kappa shape index (κ3) is 1.70. The lowest BCUT2D eigenvalue weighted by molar-refractivity contribution is -0.140. The van der Waals surface area contributed by atoms with Crippen molar-refractivity contribution >= 4 is 5.91 Å². The van der Waals surface area contributed by atoms with Crippen molar-refractivity contribution in [1.29, 1.82) is 0 Å². The van der Waals surface area contributed by atoms with E-state index in [0.29, 0.717) is 11.8 Å². The van der Waals surface area contributed by atoms with Crippen LogP contribution in [-0.2, 0) is 17.8 Å². The number of rotatable bonds is 1. The number of benzene rings is 1. The van der Waals surface area contributed by atoms with Gasteiger partial charge in [-0.3, -0.25) is 4.79 Å². The van der Waals surface area contributed by atoms with E-state index in [9.17, 15) is 4.79 Å². The zero-order valence-electron chi connectivity index (χ0n) is 13.7. The van der Waals surface area contributed by atoms with E-state index in [4.69, 9.17) is 0 Å². The van der Waals surface area contributed by atoms with Crippen molar-refractivity contribution in [2.75, 3.05) is 6.54 Å². The van der Waals surface area contributed by atoms with Crippen LogP contribution in [0.3, 0.4) is 0 Å². The SMILES string of the molecule is C=C1C(C)(C)[C@H]2CC[C@@]1(C(=O)N1CCc3ccccc3C1)C2. The number of fused-ring (bicyclic) bond motifs is 3. The van der Waals surface area contributed by atoms with Gasteiger partial charge in [0.25, 0.3) is 0 Å². The van der Waals surface area contributed by atoms with Gasteiger partial charge in [-0.1, -0.05) is 50.3 Å². The van der Waals surface area contributed by atoms with Gasteiger partial charge in [0, 0.05) is 13.1 Å². The van der Waals surface area contributed by atoms with E-state index in [1.807, 2.05) is 0 Å². The molecule has 0 saturated heterocycles. The quantitative estimate of drug-likeness (QED) is 0.718. The van der Waals surface area contributed by atoms with Crippen molar-refractivity contribution in [2.45, 2.75) is 46.1 Å². The van der Waals surface area contributed by atoms with Gasteiger partial charge in [0.1, 0.15) is 0 Å². The van der Waals surface area contributed by atoms with Crippen molar-refractivity contribution in [1.82, 2.24) is 4.90 Å². The standard InChI is InChI=1S/C20H25NO/c1-14-19(2,3)17-8-10-20(14,12-17)18(22)21-11-9-15-6-4-5-7-16(15)13-21/h4-7,17H,1,8-13H2,2-3H3/t17-,20+/m0/s1. The van der Waals surface area contributed by atoms with E-state index >= 15 is 0 Å². The second kappa shape index (κ2) is 4.47. The molecule has 4 rings (SSSR count). The van der Waals surface area contributed by atoms with Gasteiger partial charge in [-0.05, 0) is 48.1 Å². The van der Waals surface area contributed by atoms with Gasteiger partial charge in [-0.25, -0.2) is 0 Å². The van der Waals surface area contributed by atoms with E-state index < -0.39 is 0 Å². The minimum atomic E-state index is -0.263. The Kier molecular flexibility index (Phi) is 2.85. The predicted molar refractivity (Wildman–Crippen MR) is 88.3 cm³/mol. The van der Waals surface area contributed by atoms with Crippen molar-refractivity contribution in [2.24, 2.45) is 16.7 Å². The molecule has 0 aromatic heterocycles. The fraction of sp³-hybridized carbons (Fsp3) is 0.550. The van der Waals surface area contributed by atoms with Crippen LogP contribution in [0.25, 0.3) is 0 Å². The van der Waals surface area contributed by atoms with E-state index in [-0.39, 0.29) is 10.8 Å². The molecule has 2 nitrogen and oxygen atoms in total. The van der Waals surface area contributed by atoms with Crippen LogP contribution in [0.1, 0.15) is 44.2 Å². The molecule has 0 radical (unpaired) electrons. The molecule has 1 aromatic rings. The van der Waals surface area contributed by atoms with Crippen molar-refractivity contribution in [3.63, 3.8) is 0 Å². The second-order valence-electron chi connectivity index (χ2n) is 7.97. The highest BCUT2D eigenvalue weighted by atomic mass is 16.2. The van der Waals surface area contributed by atoms with Crippen molar-refractivity contribution in [3.05, 3.63) is 47.5 Å². The molecule has 3 aliphatic rings. The average Bonchev–Trinajstić information content (AvgIpc) is 3.06. The smallest absolute Gasteiger partial charge is 0.233 e. The molecule has 1 aromatic carbocycles. The Morgan fingerprint density at radius 2 is 2.00 bits per heavy atom. The van der Waals surface area contributed by atoms with Crippen LogP contribution in [0.5, 0.6) is 0 Å². The largest absolute Gasteiger partial charge is 0.337 e. The lowest BCUT2D eigenvalue weighted by atomic mass is 9.68. The van der Waals surface area contributed by atoms with E-state index in [0.717, 1.165) is 32.4 Å². The third-order valence-corrected chi connectivity index (χ3v) is 6.72. The molecule has 2 aliphatic carbocycles. The molecule has 2 heteroatoms. The highest BCUT2D eigenvalue weighted by molar-refractivity contribution is 5.88. The van der Waals surface area contributed by atoms with Gasteiger partial charge in [-0.2, -0.15) is 0 Å². The maximum atomic E-state index is 13.4. The van der Waals surface area contributed by atoms with Crippen LogP contribution in [0.4, 0.5) is 0 Å². The zero-order valence-corrected chi connectivity index (χ0v) is 13.7. The molecule has 0 unspecified atom stereocenters. The Hall–Kier alpha value is -1.57. The Balaban J connectivity index is 1.63. The van der Waals surface area contributed by atoms with Gasteiger partial charge >= 0.3 is 0 Å². The summed E-state index contributed by atoms with van der Waals surface area (Å²) in [5.74, 6) is 0.987. The summed E-state index contributed by atoms with van der Waals surface area (Å²) in [5.41, 5.74) is 3.78. The molecule has 1 amide bonds. The number of hydrogen-bond acceptors (Lipinski definition) is 1. The number of nitrogens with zero attached hydrogens (tertiary/aromatic N) is 1. The lowest BCUT2D eigenvalue weighted by Gasteiger charge is -2.41. The molecular formula is C20H25NO. The number of carbonyl (C=O) groups is 1. The first kappa shape index (κ1) is 14.0. The van der Waals surface area contributed by atoms with Crippen LogP contribution in [-0.4, -0.2) is 17.4 Å². The molecule has 22 heavy (non-hydrogen) atoms.